The lowest BCUT2D eigenvalue weighted by Crippen LogP contribution is -2.61. The first-order chi connectivity index (χ1) is 36.6. The van der Waals surface area contributed by atoms with E-state index in [1.165, 1.54) is 64.2 Å². The number of unbranched alkanes of at least 4 members (excludes halogenated alkanes) is 27. The van der Waals surface area contributed by atoms with Gasteiger partial charge in [0.1, 0.15) is 18.8 Å². The van der Waals surface area contributed by atoms with Gasteiger partial charge in [-0.15, -0.1) is 0 Å². The van der Waals surface area contributed by atoms with Crippen LogP contribution >= 0.6 is 0 Å². The van der Waals surface area contributed by atoms with Gasteiger partial charge in [0.05, 0.1) is 6.61 Å². The minimum atomic E-state index is -1.91. The number of carboxylic acid groups (broad SMARTS) is 1. The molecule has 12 heteroatoms. The van der Waals surface area contributed by atoms with Crippen molar-refractivity contribution >= 4 is 23.9 Å². The van der Waals surface area contributed by atoms with E-state index < -0.39 is 67.3 Å². The largest absolute Gasteiger partial charge is 0.479 e. The van der Waals surface area contributed by atoms with Crippen LogP contribution in [0.2, 0.25) is 0 Å². The second-order valence-corrected chi connectivity index (χ2v) is 20.6. The van der Waals surface area contributed by atoms with Crippen molar-refractivity contribution in [1.82, 2.24) is 0 Å². The molecule has 1 heterocycles. The third kappa shape index (κ3) is 41.2. The fourth-order valence-electron chi connectivity index (χ4n) is 8.90. The van der Waals surface area contributed by atoms with Crippen molar-refractivity contribution in [2.45, 2.75) is 302 Å². The van der Waals surface area contributed by atoms with Gasteiger partial charge in [-0.2, -0.15) is 0 Å². The average molecular weight is 1060 g/mol. The number of hydrogen-bond acceptors (Lipinski definition) is 11. The van der Waals surface area contributed by atoms with Crippen molar-refractivity contribution in [3.8, 4) is 0 Å². The molecule has 6 atom stereocenters. The number of allylic oxidation sites excluding steroid dienone is 10. The summed E-state index contributed by atoms with van der Waals surface area (Å²) in [4.78, 5) is 51.1. The lowest BCUT2D eigenvalue weighted by atomic mass is 9.98. The molecule has 6 unspecified atom stereocenters. The zero-order valence-corrected chi connectivity index (χ0v) is 47.5. The SMILES string of the molecule is CC/C=C\C/C=C\C/C=C\CCCCCCCCCC(=O)OC1C(OCC(COC(=O)CCCCCCC/C=C\CCCCCCCC)OC(=O)CCCCCCC/C=C\CCCCCC)OC(C(=O)O)C(O)C1O. The van der Waals surface area contributed by atoms with Crippen LogP contribution in [-0.4, -0.2) is 89.2 Å². The van der Waals surface area contributed by atoms with E-state index in [1.807, 2.05) is 0 Å². The molecular formula is C63H108O12. The van der Waals surface area contributed by atoms with Gasteiger partial charge in [0.2, 0.25) is 0 Å². The molecule has 1 saturated heterocycles. The van der Waals surface area contributed by atoms with Gasteiger partial charge in [-0.05, 0) is 103 Å². The molecule has 0 bridgehead atoms. The monoisotopic (exact) mass is 1060 g/mol. The van der Waals surface area contributed by atoms with Crippen molar-refractivity contribution in [3.63, 3.8) is 0 Å². The second-order valence-electron chi connectivity index (χ2n) is 20.6. The summed E-state index contributed by atoms with van der Waals surface area (Å²) in [5, 5.41) is 31.5. The highest BCUT2D eigenvalue weighted by Gasteiger charge is 2.50. The van der Waals surface area contributed by atoms with E-state index >= 15 is 0 Å². The Balaban J connectivity index is 2.69. The molecule has 0 spiro atoms. The van der Waals surface area contributed by atoms with Crippen molar-refractivity contribution in [2.75, 3.05) is 13.2 Å². The van der Waals surface area contributed by atoms with Gasteiger partial charge in [0, 0.05) is 19.3 Å². The number of esters is 3. The standard InChI is InChI=1S/C63H108O12/c1-4-7-10-13-16-19-22-25-27-28-30-33-36-39-42-45-48-51-57(66)74-61-59(68)58(67)60(62(69)70)75-63(61)72-53-54(73-56(65)50-47-44-41-38-35-31-24-21-18-15-12-9-6-3)52-71-55(64)49-46-43-40-37-34-32-29-26-23-20-17-14-11-8-5-2/h7,10,16,19,21,24-27,29,54,58-61,63,67-68H,4-6,8-9,11-15,17-18,20,22-23,28,30-53H2,1-3H3,(H,69,70)/b10-7-,19-16-,24-21-,27-25-,29-26-. The maximum absolute atomic E-state index is 13.1. The van der Waals surface area contributed by atoms with Gasteiger partial charge >= 0.3 is 23.9 Å². The molecule has 0 aliphatic carbocycles. The molecule has 0 radical (unpaired) electrons. The highest BCUT2D eigenvalue weighted by Crippen LogP contribution is 2.26. The quantitative estimate of drug-likeness (QED) is 0.0228. The first-order valence-electron chi connectivity index (χ1n) is 30.3. The Morgan fingerprint density at radius 1 is 0.453 bits per heavy atom. The predicted octanol–water partition coefficient (Wildman–Crippen LogP) is 15.6. The Hall–Kier alpha value is -3.58. The number of carbonyl (C=O) groups excluding carboxylic acids is 3. The van der Waals surface area contributed by atoms with Crippen LogP contribution in [0.3, 0.4) is 0 Å². The Kier molecular flexibility index (Phi) is 47.4. The van der Waals surface area contributed by atoms with Crippen LogP contribution in [0.25, 0.3) is 0 Å². The van der Waals surface area contributed by atoms with Gasteiger partial charge in [-0.1, -0.05) is 204 Å². The number of aliphatic hydroxyl groups excluding tert-OH is 2. The van der Waals surface area contributed by atoms with Gasteiger partial charge < -0.3 is 39.0 Å². The molecular weight excluding hydrogens is 949 g/mol. The number of hydrogen-bond donors (Lipinski definition) is 3. The van der Waals surface area contributed by atoms with Crippen LogP contribution in [0, 0.1) is 0 Å². The van der Waals surface area contributed by atoms with Crippen molar-refractivity contribution in [1.29, 1.82) is 0 Å². The Labute approximate surface area is 456 Å². The smallest absolute Gasteiger partial charge is 0.335 e. The van der Waals surface area contributed by atoms with Crippen LogP contribution in [0.1, 0.15) is 265 Å². The van der Waals surface area contributed by atoms with E-state index in [0.29, 0.717) is 19.3 Å². The molecule has 1 aliphatic heterocycles. The lowest BCUT2D eigenvalue weighted by Gasteiger charge is -2.40. The van der Waals surface area contributed by atoms with E-state index in [1.54, 1.807) is 0 Å². The van der Waals surface area contributed by atoms with E-state index in [4.69, 9.17) is 23.7 Å². The first kappa shape index (κ1) is 69.4. The van der Waals surface area contributed by atoms with E-state index in [2.05, 4.69) is 81.5 Å². The maximum Gasteiger partial charge on any atom is 0.335 e. The zero-order chi connectivity index (χ0) is 54.7. The predicted molar refractivity (Wildman–Crippen MR) is 303 cm³/mol. The molecule has 0 amide bonds. The van der Waals surface area contributed by atoms with E-state index in [-0.39, 0.29) is 25.9 Å². The maximum atomic E-state index is 13.1. The van der Waals surface area contributed by atoms with Crippen LogP contribution in [-0.2, 0) is 42.9 Å². The summed E-state index contributed by atoms with van der Waals surface area (Å²) in [6.07, 6.45) is 50.4. The fourth-order valence-corrected chi connectivity index (χ4v) is 8.90. The summed E-state index contributed by atoms with van der Waals surface area (Å²) in [7, 11) is 0. The molecule has 0 saturated carbocycles. The summed E-state index contributed by atoms with van der Waals surface area (Å²) >= 11 is 0. The zero-order valence-electron chi connectivity index (χ0n) is 47.5. The van der Waals surface area contributed by atoms with E-state index in [0.717, 1.165) is 141 Å². The van der Waals surface area contributed by atoms with Gasteiger partial charge in [0.25, 0.3) is 0 Å². The normalized spacial score (nSPS) is 18.5. The summed E-state index contributed by atoms with van der Waals surface area (Å²) in [5.41, 5.74) is 0. The van der Waals surface area contributed by atoms with Crippen LogP contribution in [0.5, 0.6) is 0 Å². The first-order valence-corrected chi connectivity index (χ1v) is 30.3. The number of rotatable bonds is 51. The lowest BCUT2D eigenvalue weighted by molar-refractivity contribution is -0.301. The third-order valence-electron chi connectivity index (χ3n) is 13.5. The molecule has 12 nitrogen and oxygen atoms in total. The molecule has 0 aromatic carbocycles. The summed E-state index contributed by atoms with van der Waals surface area (Å²) in [6, 6.07) is 0. The van der Waals surface area contributed by atoms with Crippen molar-refractivity contribution < 1.29 is 58.2 Å². The molecule has 75 heavy (non-hydrogen) atoms. The number of aliphatic carboxylic acids is 1. The third-order valence-corrected chi connectivity index (χ3v) is 13.5. The molecule has 0 aromatic heterocycles. The number of aliphatic hydroxyl groups is 2. The second kappa shape index (κ2) is 51.2. The van der Waals surface area contributed by atoms with Gasteiger partial charge in [-0.25, -0.2) is 4.79 Å². The fraction of sp³-hybridized carbons (Fsp3) is 0.778. The topological polar surface area (TPSA) is 175 Å². The Morgan fingerprint density at radius 2 is 0.840 bits per heavy atom. The Bertz CT molecular complexity index is 1540. The van der Waals surface area contributed by atoms with Crippen LogP contribution in [0.4, 0.5) is 0 Å². The van der Waals surface area contributed by atoms with Gasteiger partial charge in [-0.3, -0.25) is 14.4 Å². The summed E-state index contributed by atoms with van der Waals surface area (Å²) in [6.45, 7) is 5.86. The molecule has 0 aromatic rings. The van der Waals surface area contributed by atoms with Crippen molar-refractivity contribution in [3.05, 3.63) is 60.8 Å². The summed E-state index contributed by atoms with van der Waals surface area (Å²) < 4.78 is 28.4. The highest BCUT2D eigenvalue weighted by molar-refractivity contribution is 5.74. The molecule has 1 fully saturated rings. The van der Waals surface area contributed by atoms with Crippen LogP contribution < -0.4 is 0 Å². The number of ether oxygens (including phenoxy) is 5. The highest BCUT2D eigenvalue weighted by atomic mass is 16.7. The molecule has 3 N–H and O–H groups in total. The summed E-state index contributed by atoms with van der Waals surface area (Å²) in [5.74, 6) is -3.14. The number of carboxylic acids is 1. The van der Waals surface area contributed by atoms with E-state index in [9.17, 15) is 34.5 Å². The Morgan fingerprint density at radius 3 is 1.31 bits per heavy atom. The van der Waals surface area contributed by atoms with Gasteiger partial charge in [0.15, 0.2) is 24.6 Å². The number of carbonyl (C=O) groups is 4. The van der Waals surface area contributed by atoms with Crippen LogP contribution in [0.15, 0.2) is 60.8 Å². The minimum Gasteiger partial charge on any atom is -0.479 e. The minimum absolute atomic E-state index is 0.0473. The van der Waals surface area contributed by atoms with Crippen molar-refractivity contribution in [2.24, 2.45) is 0 Å². The average Bonchev–Trinajstić information content (AvgIpc) is 3.39. The molecule has 1 rings (SSSR count). The molecule has 432 valence electrons. The molecule has 1 aliphatic rings.